The molecule has 3 rings (SSSR count). The number of benzene rings is 1. The van der Waals surface area contributed by atoms with E-state index in [1.807, 2.05) is 13.8 Å². The third kappa shape index (κ3) is 2.65. The van der Waals surface area contributed by atoms with Crippen LogP contribution in [0.15, 0.2) is 29.1 Å². The van der Waals surface area contributed by atoms with E-state index >= 15 is 0 Å². The number of aliphatic carboxylic acids is 1. The molecule has 0 atom stereocenters. The summed E-state index contributed by atoms with van der Waals surface area (Å²) < 4.78 is 1.23. The van der Waals surface area contributed by atoms with E-state index in [2.05, 4.69) is 4.98 Å². The molecule has 1 aromatic carbocycles. The van der Waals surface area contributed by atoms with E-state index in [4.69, 9.17) is 11.6 Å². The van der Waals surface area contributed by atoms with Crippen LogP contribution in [0.4, 0.5) is 0 Å². The van der Waals surface area contributed by atoms with Crippen molar-refractivity contribution in [3.05, 3.63) is 50.1 Å². The molecule has 0 spiro atoms. The summed E-state index contributed by atoms with van der Waals surface area (Å²) in [5, 5.41) is 10.6. The highest BCUT2D eigenvalue weighted by molar-refractivity contribution is 7.18. The van der Waals surface area contributed by atoms with E-state index in [0.29, 0.717) is 20.8 Å². The molecule has 0 radical (unpaired) electrons. The zero-order chi connectivity index (χ0) is 18.5. The molecule has 1 N–H and O–H groups in total. The lowest BCUT2D eigenvalue weighted by Gasteiger charge is -2.26. The molecule has 0 aliphatic heterocycles. The summed E-state index contributed by atoms with van der Waals surface area (Å²) in [4.78, 5) is 31.3. The topological polar surface area (TPSA) is 72.2 Å². The molecule has 0 aliphatic rings. The minimum Gasteiger partial charge on any atom is -0.480 e. The van der Waals surface area contributed by atoms with Crippen molar-refractivity contribution in [1.82, 2.24) is 9.55 Å². The van der Waals surface area contributed by atoms with Crippen LogP contribution in [0.5, 0.6) is 0 Å². The second-order valence-electron chi connectivity index (χ2n) is 6.38. The molecule has 0 saturated heterocycles. The lowest BCUT2D eigenvalue weighted by Crippen LogP contribution is -2.44. The Morgan fingerprint density at radius 2 is 1.92 bits per heavy atom. The van der Waals surface area contributed by atoms with Crippen LogP contribution in [0.1, 0.15) is 24.3 Å². The van der Waals surface area contributed by atoms with Crippen molar-refractivity contribution in [3.63, 3.8) is 0 Å². The highest BCUT2D eigenvalue weighted by Crippen LogP contribution is 2.33. The summed E-state index contributed by atoms with van der Waals surface area (Å²) in [6, 6.07) is 6.98. The maximum atomic E-state index is 13.2. The number of aryl methyl sites for hydroxylation is 2. The minimum atomic E-state index is -1.48. The molecule has 0 aliphatic carbocycles. The molecule has 130 valence electrons. The fourth-order valence-corrected chi connectivity index (χ4v) is 3.97. The van der Waals surface area contributed by atoms with E-state index in [0.717, 1.165) is 10.4 Å². The van der Waals surface area contributed by atoms with Crippen LogP contribution in [0.25, 0.3) is 21.6 Å². The number of rotatable bonds is 3. The number of halogens is 1. The monoisotopic (exact) mass is 376 g/mol. The van der Waals surface area contributed by atoms with Gasteiger partial charge >= 0.3 is 5.97 Å². The van der Waals surface area contributed by atoms with Crippen molar-refractivity contribution >= 4 is 39.1 Å². The lowest BCUT2D eigenvalue weighted by atomic mass is 10.0. The number of carboxylic acid groups (broad SMARTS) is 1. The number of hydrogen-bond acceptors (Lipinski definition) is 4. The van der Waals surface area contributed by atoms with E-state index in [1.165, 1.54) is 29.8 Å². The fraction of sp³-hybridized carbons (Fsp3) is 0.278. The molecule has 3 aromatic rings. The second kappa shape index (κ2) is 5.97. The third-order valence-corrected chi connectivity index (χ3v) is 5.83. The normalized spacial score (nSPS) is 11.9. The Kier molecular flexibility index (Phi) is 4.21. The van der Waals surface area contributed by atoms with Gasteiger partial charge in [0.1, 0.15) is 16.2 Å². The summed E-state index contributed by atoms with van der Waals surface area (Å²) in [5.74, 6) is -0.856. The van der Waals surface area contributed by atoms with Crippen LogP contribution in [-0.2, 0) is 10.3 Å². The number of hydrogen-bond donors (Lipinski definition) is 1. The van der Waals surface area contributed by atoms with Crippen LogP contribution in [0.3, 0.4) is 0 Å². The van der Waals surface area contributed by atoms with Crippen LogP contribution in [0.2, 0.25) is 5.02 Å². The zero-order valence-corrected chi connectivity index (χ0v) is 15.8. The molecule has 0 saturated carbocycles. The van der Waals surface area contributed by atoms with E-state index < -0.39 is 11.5 Å². The summed E-state index contributed by atoms with van der Waals surface area (Å²) in [6.07, 6.45) is 0. The number of carboxylic acids is 1. The maximum absolute atomic E-state index is 13.2. The average Bonchev–Trinajstić information content (AvgIpc) is 2.82. The first-order valence-electron chi connectivity index (χ1n) is 7.67. The number of carbonyl (C=O) groups is 1. The average molecular weight is 377 g/mol. The highest BCUT2D eigenvalue weighted by Gasteiger charge is 2.35. The Morgan fingerprint density at radius 1 is 1.28 bits per heavy atom. The first-order chi connectivity index (χ1) is 11.7. The summed E-state index contributed by atoms with van der Waals surface area (Å²) in [7, 11) is 0. The molecule has 0 fully saturated rings. The van der Waals surface area contributed by atoms with E-state index in [9.17, 15) is 14.7 Å². The Balaban J connectivity index is 2.54. The van der Waals surface area contributed by atoms with Crippen LogP contribution < -0.4 is 5.56 Å². The maximum Gasteiger partial charge on any atom is 0.329 e. The van der Waals surface area contributed by atoms with Crippen molar-refractivity contribution in [2.75, 3.05) is 0 Å². The predicted molar refractivity (Wildman–Crippen MR) is 101 cm³/mol. The van der Waals surface area contributed by atoms with Gasteiger partial charge in [-0.3, -0.25) is 9.36 Å². The van der Waals surface area contributed by atoms with Gasteiger partial charge in [0, 0.05) is 10.4 Å². The Morgan fingerprint density at radius 3 is 2.52 bits per heavy atom. The van der Waals surface area contributed by atoms with Gasteiger partial charge in [0.15, 0.2) is 0 Å². The van der Waals surface area contributed by atoms with Gasteiger partial charge in [-0.2, -0.15) is 0 Å². The number of aromatic nitrogens is 2. The van der Waals surface area contributed by atoms with Crippen molar-refractivity contribution in [2.45, 2.75) is 33.2 Å². The molecule has 2 aromatic heterocycles. The summed E-state index contributed by atoms with van der Waals surface area (Å²) in [5.41, 5.74) is -0.483. The van der Waals surface area contributed by atoms with Gasteiger partial charge in [-0.05, 0) is 45.4 Å². The Labute approximate surface area is 153 Å². The number of thiophene rings is 1. The van der Waals surface area contributed by atoms with Crippen LogP contribution >= 0.6 is 22.9 Å². The Bertz CT molecular complexity index is 1070. The van der Waals surface area contributed by atoms with Crippen molar-refractivity contribution in [2.24, 2.45) is 0 Å². The van der Waals surface area contributed by atoms with Gasteiger partial charge in [0.05, 0.1) is 10.4 Å². The van der Waals surface area contributed by atoms with Crippen molar-refractivity contribution in [1.29, 1.82) is 0 Å². The Hall–Kier alpha value is -2.18. The second-order valence-corrected chi connectivity index (χ2v) is 7.99. The predicted octanol–water partition coefficient (Wildman–Crippen LogP) is 4.21. The number of fused-ring (bicyclic) bond motifs is 1. The summed E-state index contributed by atoms with van der Waals surface area (Å²) in [6.45, 7) is 6.74. The zero-order valence-electron chi connectivity index (χ0n) is 14.3. The van der Waals surface area contributed by atoms with Gasteiger partial charge in [-0.1, -0.05) is 23.7 Å². The first kappa shape index (κ1) is 17.6. The standard InChI is InChI=1S/C18H17ClN2O3S/c1-9-10(2)25-15-13(9)16(22)21(18(3,4)17(23)24)14(20-15)11-7-5-6-8-12(11)19/h5-8H,1-4H3,(H,23,24). The smallest absolute Gasteiger partial charge is 0.329 e. The molecule has 25 heavy (non-hydrogen) atoms. The van der Waals surface area contributed by atoms with Gasteiger partial charge in [-0.25, -0.2) is 9.78 Å². The van der Waals surface area contributed by atoms with E-state index in [1.54, 1.807) is 24.3 Å². The van der Waals surface area contributed by atoms with Gasteiger partial charge < -0.3 is 5.11 Å². The SMILES string of the molecule is Cc1sc2nc(-c3ccccc3Cl)n(C(C)(C)C(=O)O)c(=O)c2c1C. The number of nitrogens with zero attached hydrogens (tertiary/aromatic N) is 2. The van der Waals surface area contributed by atoms with Gasteiger partial charge in [0.25, 0.3) is 5.56 Å². The first-order valence-corrected chi connectivity index (χ1v) is 8.87. The molecule has 5 nitrogen and oxygen atoms in total. The third-order valence-electron chi connectivity index (χ3n) is 4.40. The molecular weight excluding hydrogens is 360 g/mol. The lowest BCUT2D eigenvalue weighted by molar-refractivity contribution is -0.145. The van der Waals surface area contributed by atoms with Crippen molar-refractivity contribution < 1.29 is 9.90 Å². The molecular formula is C18H17ClN2O3S. The molecule has 7 heteroatoms. The van der Waals surface area contributed by atoms with Crippen LogP contribution in [0, 0.1) is 13.8 Å². The quantitative estimate of drug-likeness (QED) is 0.743. The molecule has 0 bridgehead atoms. The molecule has 2 heterocycles. The summed E-state index contributed by atoms with van der Waals surface area (Å²) >= 11 is 7.72. The van der Waals surface area contributed by atoms with E-state index in [-0.39, 0.29) is 11.4 Å². The largest absolute Gasteiger partial charge is 0.480 e. The van der Waals surface area contributed by atoms with Gasteiger partial charge in [-0.15, -0.1) is 11.3 Å². The van der Waals surface area contributed by atoms with Gasteiger partial charge in [0.2, 0.25) is 0 Å². The minimum absolute atomic E-state index is 0.261. The molecule has 0 amide bonds. The molecule has 0 unspecified atom stereocenters. The van der Waals surface area contributed by atoms with Crippen molar-refractivity contribution in [3.8, 4) is 11.4 Å². The fourth-order valence-electron chi connectivity index (χ4n) is 2.73. The van der Waals surface area contributed by atoms with Crippen LogP contribution in [-0.4, -0.2) is 20.6 Å². The highest BCUT2D eigenvalue weighted by atomic mass is 35.5.